The molecule has 1 heterocycles. The minimum absolute atomic E-state index is 0.0194. The fourth-order valence-electron chi connectivity index (χ4n) is 2.69. The summed E-state index contributed by atoms with van der Waals surface area (Å²) in [6.45, 7) is 4.58. The molecular formula is C17H23F3N2O2. The van der Waals surface area contributed by atoms with Crippen LogP contribution >= 0.6 is 0 Å². The van der Waals surface area contributed by atoms with Gasteiger partial charge in [0, 0.05) is 26.1 Å². The maximum Gasteiger partial charge on any atom is 0.416 e. The number of hydrogen-bond acceptors (Lipinski definition) is 3. The van der Waals surface area contributed by atoms with Gasteiger partial charge in [0.1, 0.15) is 0 Å². The van der Waals surface area contributed by atoms with Gasteiger partial charge in [-0.25, -0.2) is 0 Å². The van der Waals surface area contributed by atoms with Crippen molar-refractivity contribution in [3.05, 3.63) is 35.4 Å². The van der Waals surface area contributed by atoms with Crippen molar-refractivity contribution < 1.29 is 22.7 Å². The van der Waals surface area contributed by atoms with E-state index in [9.17, 15) is 18.0 Å². The van der Waals surface area contributed by atoms with Gasteiger partial charge in [-0.3, -0.25) is 4.79 Å². The normalized spacial score (nSPS) is 20.6. The summed E-state index contributed by atoms with van der Waals surface area (Å²) < 4.78 is 43.2. The van der Waals surface area contributed by atoms with Gasteiger partial charge in [-0.05, 0) is 30.7 Å². The fourth-order valence-corrected chi connectivity index (χ4v) is 2.69. The number of benzene rings is 1. The molecule has 0 aliphatic carbocycles. The Kier molecular flexibility index (Phi) is 6.23. The zero-order valence-corrected chi connectivity index (χ0v) is 13.9. The first-order valence-electron chi connectivity index (χ1n) is 7.99. The summed E-state index contributed by atoms with van der Waals surface area (Å²) in [5.74, 6) is -0.276. The van der Waals surface area contributed by atoms with Crippen LogP contribution in [0.25, 0.3) is 0 Å². The van der Waals surface area contributed by atoms with Crippen LogP contribution in [0.5, 0.6) is 0 Å². The number of rotatable bonds is 5. The minimum Gasteiger partial charge on any atom is -0.374 e. The van der Waals surface area contributed by atoms with E-state index < -0.39 is 11.7 Å². The molecule has 2 rings (SSSR count). The maximum atomic E-state index is 12.6. The molecule has 1 aliphatic rings. The van der Waals surface area contributed by atoms with Crippen LogP contribution in [0, 0.1) is 0 Å². The molecule has 0 spiro atoms. The topological polar surface area (TPSA) is 41.6 Å². The number of ether oxygens (including phenoxy) is 1. The molecule has 1 aromatic carbocycles. The van der Waals surface area contributed by atoms with Crippen LogP contribution in [-0.4, -0.2) is 50.2 Å². The molecule has 7 heteroatoms. The van der Waals surface area contributed by atoms with E-state index >= 15 is 0 Å². The highest BCUT2D eigenvalue weighted by Gasteiger charge is 2.30. The Labute approximate surface area is 140 Å². The number of amides is 1. The lowest BCUT2D eigenvalue weighted by Gasteiger charge is -2.30. The Hall–Kier alpha value is -1.60. The number of nitrogens with one attached hydrogen (secondary N) is 1. The lowest BCUT2D eigenvalue weighted by Crippen LogP contribution is -2.46. The summed E-state index contributed by atoms with van der Waals surface area (Å²) in [7, 11) is 2.00. The SMILES string of the molecule is C[C@H](CC(=O)NC[C@@H]1CN(C)CCO1)c1ccc(C(F)(F)F)cc1. The Morgan fingerprint density at radius 1 is 1.38 bits per heavy atom. The van der Waals surface area contributed by atoms with Crippen molar-refractivity contribution in [1.82, 2.24) is 10.2 Å². The smallest absolute Gasteiger partial charge is 0.374 e. The lowest BCUT2D eigenvalue weighted by atomic mass is 9.96. The molecule has 2 atom stereocenters. The third-order valence-electron chi connectivity index (χ3n) is 4.17. The molecule has 0 aromatic heterocycles. The second-order valence-corrected chi connectivity index (χ2v) is 6.28. The van der Waals surface area contributed by atoms with Crippen molar-refractivity contribution in [2.45, 2.75) is 31.5 Å². The molecule has 134 valence electrons. The molecular weight excluding hydrogens is 321 g/mol. The van der Waals surface area contributed by atoms with Crippen molar-refractivity contribution in [3.8, 4) is 0 Å². The third kappa shape index (κ3) is 5.49. The summed E-state index contributed by atoms with van der Waals surface area (Å²) in [5.41, 5.74) is 0.0354. The summed E-state index contributed by atoms with van der Waals surface area (Å²) in [4.78, 5) is 14.2. The summed E-state index contributed by atoms with van der Waals surface area (Å²) in [5, 5.41) is 2.84. The van der Waals surface area contributed by atoms with Gasteiger partial charge < -0.3 is 15.0 Å². The maximum absolute atomic E-state index is 12.6. The largest absolute Gasteiger partial charge is 0.416 e. The van der Waals surface area contributed by atoms with Gasteiger partial charge in [-0.2, -0.15) is 13.2 Å². The number of alkyl halides is 3. The van der Waals surface area contributed by atoms with E-state index in [0.29, 0.717) is 18.7 Å². The van der Waals surface area contributed by atoms with E-state index in [4.69, 9.17) is 4.74 Å². The van der Waals surface area contributed by atoms with Gasteiger partial charge in [-0.15, -0.1) is 0 Å². The quantitative estimate of drug-likeness (QED) is 0.893. The molecule has 1 saturated heterocycles. The predicted octanol–water partition coefficient (Wildman–Crippen LogP) is 2.65. The number of likely N-dealkylation sites (N-methyl/N-ethyl adjacent to an activating group) is 1. The van der Waals surface area contributed by atoms with Crippen molar-refractivity contribution >= 4 is 5.91 Å². The van der Waals surface area contributed by atoms with Crippen LogP contribution < -0.4 is 5.32 Å². The van der Waals surface area contributed by atoms with E-state index in [-0.39, 0.29) is 24.3 Å². The molecule has 0 radical (unpaired) electrons. The van der Waals surface area contributed by atoms with Gasteiger partial charge in [0.2, 0.25) is 5.91 Å². The van der Waals surface area contributed by atoms with E-state index in [1.807, 2.05) is 14.0 Å². The zero-order valence-electron chi connectivity index (χ0n) is 13.9. The highest BCUT2D eigenvalue weighted by molar-refractivity contribution is 5.76. The standard InChI is InChI=1S/C17H23F3N2O2/c1-12(13-3-5-14(6-4-13)17(18,19)20)9-16(23)21-10-15-11-22(2)7-8-24-15/h3-6,12,15H,7-11H2,1-2H3,(H,21,23)/t12-,15-/m1/s1. The second-order valence-electron chi connectivity index (χ2n) is 6.28. The molecule has 1 N–H and O–H groups in total. The molecule has 0 bridgehead atoms. The first-order chi connectivity index (χ1) is 11.3. The van der Waals surface area contributed by atoms with E-state index in [1.54, 1.807) is 0 Å². The first-order valence-corrected chi connectivity index (χ1v) is 7.99. The number of morpholine rings is 1. The summed E-state index contributed by atoms with van der Waals surface area (Å²) in [6.07, 6.45) is -4.13. The number of carbonyl (C=O) groups excluding carboxylic acids is 1. The van der Waals surface area contributed by atoms with Gasteiger partial charge in [0.15, 0.2) is 0 Å². The lowest BCUT2D eigenvalue weighted by molar-refractivity contribution is -0.137. The Bertz CT molecular complexity index is 546. The van der Waals surface area contributed by atoms with Crippen molar-refractivity contribution in [2.24, 2.45) is 0 Å². The highest BCUT2D eigenvalue weighted by Crippen LogP contribution is 2.30. The molecule has 4 nitrogen and oxygen atoms in total. The van der Waals surface area contributed by atoms with E-state index in [0.717, 1.165) is 25.2 Å². The molecule has 0 unspecified atom stereocenters. The molecule has 0 saturated carbocycles. The molecule has 1 aromatic rings. The van der Waals surface area contributed by atoms with Crippen molar-refractivity contribution in [3.63, 3.8) is 0 Å². The molecule has 1 aliphatic heterocycles. The van der Waals surface area contributed by atoms with Gasteiger partial charge in [0.05, 0.1) is 18.3 Å². The average molecular weight is 344 g/mol. The van der Waals surface area contributed by atoms with E-state index in [2.05, 4.69) is 10.2 Å². The van der Waals surface area contributed by atoms with Crippen LogP contribution in [0.15, 0.2) is 24.3 Å². The van der Waals surface area contributed by atoms with Crippen LogP contribution in [0.3, 0.4) is 0 Å². The van der Waals surface area contributed by atoms with Gasteiger partial charge in [-0.1, -0.05) is 19.1 Å². The number of carbonyl (C=O) groups is 1. The summed E-state index contributed by atoms with van der Waals surface area (Å²) >= 11 is 0. The molecule has 24 heavy (non-hydrogen) atoms. The number of hydrogen-bond donors (Lipinski definition) is 1. The monoisotopic (exact) mass is 344 g/mol. The average Bonchev–Trinajstić information content (AvgIpc) is 2.52. The Balaban J connectivity index is 1.80. The first kappa shape index (κ1) is 18.7. The van der Waals surface area contributed by atoms with Crippen molar-refractivity contribution in [2.75, 3.05) is 33.3 Å². The third-order valence-corrected chi connectivity index (χ3v) is 4.17. The molecule has 1 amide bonds. The van der Waals surface area contributed by atoms with Crippen LogP contribution in [0.4, 0.5) is 13.2 Å². The predicted molar refractivity (Wildman–Crippen MR) is 84.7 cm³/mol. The highest BCUT2D eigenvalue weighted by atomic mass is 19.4. The fraction of sp³-hybridized carbons (Fsp3) is 0.588. The number of nitrogens with zero attached hydrogens (tertiary/aromatic N) is 1. The Morgan fingerprint density at radius 2 is 2.04 bits per heavy atom. The summed E-state index contributed by atoms with van der Waals surface area (Å²) in [6, 6.07) is 4.96. The van der Waals surface area contributed by atoms with Crippen LogP contribution in [0.2, 0.25) is 0 Å². The van der Waals surface area contributed by atoms with Crippen LogP contribution in [0.1, 0.15) is 30.4 Å². The molecule has 1 fully saturated rings. The van der Waals surface area contributed by atoms with Crippen LogP contribution in [-0.2, 0) is 15.7 Å². The van der Waals surface area contributed by atoms with E-state index in [1.165, 1.54) is 12.1 Å². The number of halogens is 3. The second kappa shape index (κ2) is 7.98. The minimum atomic E-state index is -4.34. The Morgan fingerprint density at radius 3 is 2.62 bits per heavy atom. The van der Waals surface area contributed by atoms with Gasteiger partial charge in [0.25, 0.3) is 0 Å². The zero-order chi connectivity index (χ0) is 17.7. The van der Waals surface area contributed by atoms with Crippen molar-refractivity contribution in [1.29, 1.82) is 0 Å². The van der Waals surface area contributed by atoms with Gasteiger partial charge >= 0.3 is 6.18 Å².